The van der Waals surface area contributed by atoms with Crippen molar-refractivity contribution in [3.05, 3.63) is 203 Å². The zero-order valence-corrected chi connectivity index (χ0v) is 36.7. The Labute approximate surface area is 375 Å². The number of ether oxygens (including phenoxy) is 5. The van der Waals surface area contributed by atoms with Crippen LogP contribution < -0.4 is 14.8 Å². The summed E-state index contributed by atoms with van der Waals surface area (Å²) in [6.45, 7) is 8.83. The number of alkyl carbamates (subject to hydrolysis) is 1. The molecule has 2 N–H and O–H groups in total. The van der Waals surface area contributed by atoms with Gasteiger partial charge in [0.1, 0.15) is 44.7 Å². The maximum Gasteiger partial charge on any atom is 0.412 e. The molecule has 0 bridgehead atoms. The van der Waals surface area contributed by atoms with E-state index in [1.807, 2.05) is 149 Å². The first-order valence-electron chi connectivity index (χ1n) is 21.4. The Kier molecular flexibility index (Phi) is 16.7. The van der Waals surface area contributed by atoms with Crippen molar-refractivity contribution in [2.45, 2.75) is 72.0 Å². The number of Topliss-reactive ketones (excluding diaryl/α,β-unsaturated/α-hetero) is 1. The second-order valence-corrected chi connectivity index (χ2v) is 16.1. The summed E-state index contributed by atoms with van der Waals surface area (Å²) in [4.78, 5) is 39.5. The van der Waals surface area contributed by atoms with Crippen molar-refractivity contribution in [3.8, 4) is 11.5 Å². The molecule has 7 rings (SSSR count). The number of ketones is 1. The van der Waals surface area contributed by atoms with Crippen LogP contribution in [0.25, 0.3) is 0 Å². The van der Waals surface area contributed by atoms with E-state index in [1.165, 1.54) is 4.90 Å². The molecule has 1 saturated heterocycles. The van der Waals surface area contributed by atoms with Gasteiger partial charge in [-0.05, 0) is 82.6 Å². The van der Waals surface area contributed by atoms with Crippen LogP contribution in [0.15, 0.2) is 170 Å². The summed E-state index contributed by atoms with van der Waals surface area (Å²) >= 11 is 0. The molecule has 1 aliphatic rings. The largest absolute Gasteiger partial charge is 0.489 e. The van der Waals surface area contributed by atoms with Crippen LogP contribution in [0.2, 0.25) is 0 Å². The average Bonchev–Trinajstić information content (AvgIpc) is 3.70. The second-order valence-electron chi connectivity index (χ2n) is 16.1. The topological polar surface area (TPSA) is 133 Å². The van der Waals surface area contributed by atoms with Crippen LogP contribution in [0.1, 0.15) is 65.9 Å². The van der Waals surface area contributed by atoms with Gasteiger partial charge in [0.15, 0.2) is 5.78 Å². The number of carbonyl (C=O) groups excluding carboxylic acids is 3. The quantitative estimate of drug-likeness (QED) is 0.0913. The first kappa shape index (κ1) is 46.6. The van der Waals surface area contributed by atoms with E-state index in [0.717, 1.165) is 22.3 Å². The van der Waals surface area contributed by atoms with Crippen molar-refractivity contribution in [2.75, 3.05) is 6.73 Å². The van der Waals surface area contributed by atoms with E-state index < -0.39 is 30.1 Å². The number of hydrogen-bond acceptors (Lipinski definition) is 9. The lowest BCUT2D eigenvalue weighted by atomic mass is 9.90. The predicted molar refractivity (Wildman–Crippen MR) is 244 cm³/mol. The highest BCUT2D eigenvalue weighted by molar-refractivity contribution is 6.01. The molecule has 0 aliphatic carbocycles. The number of nitrogens with one attached hydrogen (secondary N) is 1. The molecule has 2 amide bonds. The number of aliphatic hydroxyl groups is 1. The lowest BCUT2D eigenvalue weighted by molar-refractivity contribution is -0.193. The Hall–Kier alpha value is -6.95. The van der Waals surface area contributed by atoms with Gasteiger partial charge in [-0.3, -0.25) is 9.69 Å². The minimum Gasteiger partial charge on any atom is -0.489 e. The number of benzene rings is 6. The van der Waals surface area contributed by atoms with E-state index in [2.05, 4.69) is 5.32 Å². The first-order valence-corrected chi connectivity index (χ1v) is 21.4. The van der Waals surface area contributed by atoms with E-state index in [0.29, 0.717) is 35.8 Å². The third-order valence-corrected chi connectivity index (χ3v) is 10.6. The van der Waals surface area contributed by atoms with Gasteiger partial charge < -0.3 is 34.1 Å². The van der Waals surface area contributed by atoms with Gasteiger partial charge in [0.05, 0.1) is 12.1 Å². The van der Waals surface area contributed by atoms with E-state index >= 15 is 0 Å². The third-order valence-electron chi connectivity index (χ3n) is 10.6. The Morgan fingerprint density at radius 3 is 1.47 bits per heavy atom. The molecular weight excluding hydrogens is 809 g/mol. The van der Waals surface area contributed by atoms with Crippen molar-refractivity contribution >= 4 is 18.0 Å². The zero-order valence-electron chi connectivity index (χ0n) is 36.7. The van der Waals surface area contributed by atoms with Crippen molar-refractivity contribution in [1.29, 1.82) is 0 Å². The van der Waals surface area contributed by atoms with Crippen LogP contribution in [0.4, 0.5) is 9.59 Å². The fourth-order valence-electron chi connectivity index (χ4n) is 7.17. The highest BCUT2D eigenvalue weighted by Crippen LogP contribution is 2.40. The second kappa shape index (κ2) is 22.9. The standard InChI is InChI=1S/C27H29NO5.C26H27NO4/c1-20(2)25-27(30,33-19-28(25)26(29)32-18-22-11-7-4-8-12-22)23-13-15-24(16-14-23)31-17-21-9-5-3-6-10-21;1-19(2)24(27-26(29)31-18-21-11-7-4-8-12-21)25(28)22-13-15-23(16-14-22)30-17-20-9-5-3-6-10-20/h3-16,20,25,30H,17-19H2,1-2H3;3-16,19,24H,17-18H2,1-2H3,(H,27,29)/t25-,27?;24-/m00/s1. The summed E-state index contributed by atoms with van der Waals surface area (Å²) in [5, 5.41) is 14.2. The van der Waals surface area contributed by atoms with Gasteiger partial charge in [0.25, 0.3) is 0 Å². The Bertz CT molecular complexity index is 2350. The number of nitrogens with zero attached hydrogens (tertiary/aromatic N) is 1. The maximum atomic E-state index is 13.0. The van der Waals surface area contributed by atoms with E-state index in [9.17, 15) is 19.5 Å². The molecule has 1 aliphatic heterocycles. The molecule has 11 heteroatoms. The first-order chi connectivity index (χ1) is 31.0. The summed E-state index contributed by atoms with van der Waals surface area (Å²) in [6, 6.07) is 51.5. The normalized spacial score (nSPS) is 16.0. The highest BCUT2D eigenvalue weighted by atomic mass is 16.7. The van der Waals surface area contributed by atoms with E-state index in [-0.39, 0.29) is 37.6 Å². The Morgan fingerprint density at radius 2 is 1.03 bits per heavy atom. The maximum absolute atomic E-state index is 13.0. The van der Waals surface area contributed by atoms with Gasteiger partial charge in [0.2, 0.25) is 5.79 Å². The monoisotopic (exact) mass is 864 g/mol. The molecule has 1 fully saturated rings. The van der Waals surface area contributed by atoms with Crippen LogP contribution in [-0.4, -0.2) is 46.8 Å². The van der Waals surface area contributed by atoms with Crippen molar-refractivity contribution in [1.82, 2.24) is 10.2 Å². The minimum atomic E-state index is -1.64. The molecular formula is C53H56N2O9. The smallest absolute Gasteiger partial charge is 0.412 e. The van der Waals surface area contributed by atoms with Gasteiger partial charge in [-0.15, -0.1) is 0 Å². The fourth-order valence-corrected chi connectivity index (χ4v) is 7.17. The van der Waals surface area contributed by atoms with Crippen LogP contribution in [0.5, 0.6) is 11.5 Å². The van der Waals surface area contributed by atoms with Crippen LogP contribution in [0.3, 0.4) is 0 Å². The molecule has 1 unspecified atom stereocenters. The van der Waals surface area contributed by atoms with Crippen LogP contribution in [0, 0.1) is 11.8 Å². The molecule has 1 heterocycles. The van der Waals surface area contributed by atoms with E-state index in [4.69, 9.17) is 23.7 Å². The molecule has 0 saturated carbocycles. The molecule has 6 aromatic rings. The number of amides is 2. The molecule has 64 heavy (non-hydrogen) atoms. The minimum absolute atomic E-state index is 0.0563. The summed E-state index contributed by atoms with van der Waals surface area (Å²) in [6.07, 6.45) is -1.13. The molecule has 11 nitrogen and oxygen atoms in total. The lowest BCUT2D eigenvalue weighted by Crippen LogP contribution is -2.48. The van der Waals surface area contributed by atoms with Crippen molar-refractivity contribution in [2.24, 2.45) is 11.8 Å². The predicted octanol–water partition coefficient (Wildman–Crippen LogP) is 10.5. The highest BCUT2D eigenvalue weighted by Gasteiger charge is 2.52. The summed E-state index contributed by atoms with van der Waals surface area (Å²) in [7, 11) is 0. The SMILES string of the molecule is CC(C)[C@@H]1N(C(=O)OCc2ccccc2)COC1(O)c1ccc(OCc2ccccc2)cc1.CC(C)[C@H](NC(=O)OCc1ccccc1)C(=O)c1ccc(OCc2ccccc2)cc1. The van der Waals surface area contributed by atoms with Crippen LogP contribution >= 0.6 is 0 Å². The van der Waals surface area contributed by atoms with Crippen molar-refractivity contribution < 1.29 is 43.2 Å². The number of rotatable bonds is 16. The Balaban J connectivity index is 0.000000213. The van der Waals surface area contributed by atoms with Gasteiger partial charge >= 0.3 is 12.2 Å². The molecule has 332 valence electrons. The van der Waals surface area contributed by atoms with Gasteiger partial charge in [-0.25, -0.2) is 9.59 Å². The average molecular weight is 865 g/mol. The molecule has 6 aromatic carbocycles. The number of carbonyl (C=O) groups is 3. The Morgan fingerprint density at radius 1 is 0.609 bits per heavy atom. The fraction of sp³-hybridized carbons (Fsp3) is 0.264. The summed E-state index contributed by atoms with van der Waals surface area (Å²) < 4.78 is 28.2. The summed E-state index contributed by atoms with van der Waals surface area (Å²) in [5.41, 5.74) is 5.00. The van der Waals surface area contributed by atoms with Crippen molar-refractivity contribution in [3.63, 3.8) is 0 Å². The lowest BCUT2D eigenvalue weighted by Gasteiger charge is -2.34. The van der Waals surface area contributed by atoms with Crippen LogP contribution in [-0.2, 0) is 46.4 Å². The third kappa shape index (κ3) is 13.0. The van der Waals surface area contributed by atoms with Gasteiger partial charge in [-0.1, -0.05) is 149 Å². The molecule has 3 atom stereocenters. The zero-order chi connectivity index (χ0) is 45.3. The van der Waals surface area contributed by atoms with E-state index in [1.54, 1.807) is 48.5 Å². The van der Waals surface area contributed by atoms with Gasteiger partial charge in [-0.2, -0.15) is 0 Å². The van der Waals surface area contributed by atoms with Gasteiger partial charge in [0, 0.05) is 11.1 Å². The molecule has 0 radical (unpaired) electrons. The molecule has 0 aromatic heterocycles. The number of hydrogen-bond donors (Lipinski definition) is 2. The summed E-state index contributed by atoms with van der Waals surface area (Å²) in [5.74, 6) is -0.610. The molecule has 0 spiro atoms.